The molecule has 0 aliphatic carbocycles. The molecule has 1 fully saturated rings. The van der Waals surface area contributed by atoms with Crippen molar-refractivity contribution in [1.29, 1.82) is 0 Å². The third-order valence-electron chi connectivity index (χ3n) is 2.88. The number of aromatic nitrogens is 1. The summed E-state index contributed by atoms with van der Waals surface area (Å²) in [6.07, 6.45) is 1.96. The number of hydrogen-bond acceptors (Lipinski definition) is 5. The van der Waals surface area contributed by atoms with Crippen LogP contribution in [0.4, 0.5) is 5.69 Å². The van der Waals surface area contributed by atoms with Gasteiger partial charge >= 0.3 is 0 Å². The number of amides is 1. The van der Waals surface area contributed by atoms with Gasteiger partial charge in [0.2, 0.25) is 0 Å². The Labute approximate surface area is 106 Å². The summed E-state index contributed by atoms with van der Waals surface area (Å²) in [6, 6.07) is 3.26. The highest BCUT2D eigenvalue weighted by Crippen LogP contribution is 2.13. The number of hydrogen-bond donors (Lipinski definition) is 1. The smallest absolute Gasteiger partial charge is 0.274 e. The molecular formula is C11H15N3O3S. The first-order valence-electron chi connectivity index (χ1n) is 5.70. The minimum atomic E-state index is -3.02. The van der Waals surface area contributed by atoms with Gasteiger partial charge in [0.25, 0.3) is 5.91 Å². The number of nitrogens with two attached hydrogens (primary N) is 1. The van der Waals surface area contributed by atoms with E-state index in [0.717, 1.165) is 0 Å². The molecular weight excluding hydrogens is 254 g/mol. The van der Waals surface area contributed by atoms with Crippen molar-refractivity contribution in [1.82, 2.24) is 9.88 Å². The minimum absolute atomic E-state index is 0.00543. The van der Waals surface area contributed by atoms with Gasteiger partial charge in [0.15, 0.2) is 15.5 Å². The van der Waals surface area contributed by atoms with Crippen LogP contribution >= 0.6 is 0 Å². The maximum Gasteiger partial charge on any atom is 0.274 e. The number of carbonyl (C=O) groups excluding carboxylic acids is 1. The van der Waals surface area contributed by atoms with E-state index in [4.69, 9.17) is 5.73 Å². The van der Waals surface area contributed by atoms with E-state index in [-0.39, 0.29) is 29.7 Å². The second-order valence-corrected chi connectivity index (χ2v) is 6.54. The van der Waals surface area contributed by atoms with Crippen LogP contribution in [0.2, 0.25) is 0 Å². The van der Waals surface area contributed by atoms with Crippen LogP contribution in [0.5, 0.6) is 0 Å². The van der Waals surface area contributed by atoms with Gasteiger partial charge in [0.05, 0.1) is 17.2 Å². The van der Waals surface area contributed by atoms with Crippen LogP contribution in [0.3, 0.4) is 0 Å². The molecule has 2 heterocycles. The van der Waals surface area contributed by atoms with Gasteiger partial charge in [0.1, 0.15) is 0 Å². The Balaban J connectivity index is 2.17. The average Bonchev–Trinajstić information content (AvgIpc) is 2.50. The number of pyridine rings is 1. The zero-order chi connectivity index (χ0) is 13.2. The molecule has 98 valence electrons. The third-order valence-corrected chi connectivity index (χ3v) is 4.60. The topological polar surface area (TPSA) is 93.4 Å². The summed E-state index contributed by atoms with van der Waals surface area (Å²) < 4.78 is 22.9. The Hall–Kier alpha value is -1.63. The van der Waals surface area contributed by atoms with E-state index >= 15 is 0 Å². The van der Waals surface area contributed by atoms with Crippen LogP contribution in [0, 0.1) is 0 Å². The fraction of sp³-hybridized carbons (Fsp3) is 0.455. The number of carbonyl (C=O) groups is 1. The lowest BCUT2D eigenvalue weighted by molar-refractivity contribution is 0.0764. The summed E-state index contributed by atoms with van der Waals surface area (Å²) in [5, 5.41) is 0. The van der Waals surface area contributed by atoms with Gasteiger partial charge in [-0.3, -0.25) is 4.79 Å². The van der Waals surface area contributed by atoms with Gasteiger partial charge in [-0.2, -0.15) is 0 Å². The van der Waals surface area contributed by atoms with Crippen molar-refractivity contribution in [3.63, 3.8) is 0 Å². The number of nitrogen functional groups attached to an aromatic ring is 1. The van der Waals surface area contributed by atoms with Crippen molar-refractivity contribution >= 4 is 21.4 Å². The molecule has 0 unspecified atom stereocenters. The lowest BCUT2D eigenvalue weighted by Gasteiger charge is -2.19. The first kappa shape index (κ1) is 12.8. The highest BCUT2D eigenvalue weighted by molar-refractivity contribution is 7.91. The average molecular weight is 269 g/mol. The number of rotatable bonds is 1. The molecule has 0 atom stereocenters. The molecule has 2 N–H and O–H groups in total. The van der Waals surface area contributed by atoms with E-state index < -0.39 is 9.84 Å². The van der Waals surface area contributed by atoms with Crippen LogP contribution in [0.25, 0.3) is 0 Å². The molecule has 0 saturated carbocycles. The quantitative estimate of drug-likeness (QED) is 0.770. The Morgan fingerprint density at radius 2 is 2.11 bits per heavy atom. The maximum atomic E-state index is 12.2. The number of sulfone groups is 1. The van der Waals surface area contributed by atoms with Gasteiger partial charge in [-0.25, -0.2) is 13.4 Å². The lowest BCUT2D eigenvalue weighted by Crippen LogP contribution is -2.34. The zero-order valence-electron chi connectivity index (χ0n) is 9.87. The second-order valence-electron chi connectivity index (χ2n) is 4.24. The fourth-order valence-electron chi connectivity index (χ4n) is 1.89. The molecule has 1 amide bonds. The van der Waals surface area contributed by atoms with E-state index in [2.05, 4.69) is 4.98 Å². The Bertz CT molecular complexity index is 556. The maximum absolute atomic E-state index is 12.2. The van der Waals surface area contributed by atoms with Crippen LogP contribution in [-0.2, 0) is 9.84 Å². The van der Waals surface area contributed by atoms with E-state index in [9.17, 15) is 13.2 Å². The highest BCUT2D eigenvalue weighted by Gasteiger charge is 2.24. The van der Waals surface area contributed by atoms with Crippen molar-refractivity contribution in [3.8, 4) is 0 Å². The molecule has 1 aliphatic rings. The number of anilines is 1. The summed E-state index contributed by atoms with van der Waals surface area (Å²) in [6.45, 7) is 0.630. The predicted molar refractivity (Wildman–Crippen MR) is 67.8 cm³/mol. The van der Waals surface area contributed by atoms with Gasteiger partial charge in [-0.1, -0.05) is 0 Å². The Morgan fingerprint density at radius 3 is 2.83 bits per heavy atom. The normalized spacial score (nSPS) is 19.2. The Morgan fingerprint density at radius 1 is 1.33 bits per heavy atom. The van der Waals surface area contributed by atoms with Gasteiger partial charge in [-0.05, 0) is 18.6 Å². The van der Waals surface area contributed by atoms with Crippen LogP contribution in [-0.4, -0.2) is 48.8 Å². The first-order valence-corrected chi connectivity index (χ1v) is 7.52. The molecule has 1 aromatic rings. The summed E-state index contributed by atoms with van der Waals surface area (Å²) in [5.74, 6) is -0.162. The molecule has 1 aliphatic heterocycles. The fourth-order valence-corrected chi connectivity index (χ4v) is 3.16. The molecule has 0 spiro atoms. The molecule has 1 saturated heterocycles. The lowest BCUT2D eigenvalue weighted by atomic mass is 10.2. The van der Waals surface area contributed by atoms with Crippen molar-refractivity contribution in [2.24, 2.45) is 0 Å². The number of nitrogens with zero attached hydrogens (tertiary/aromatic N) is 2. The molecule has 18 heavy (non-hydrogen) atoms. The van der Waals surface area contributed by atoms with Crippen molar-refractivity contribution in [3.05, 3.63) is 24.0 Å². The minimum Gasteiger partial charge on any atom is -0.397 e. The summed E-state index contributed by atoms with van der Waals surface area (Å²) in [5.41, 5.74) is 6.20. The van der Waals surface area contributed by atoms with Crippen molar-refractivity contribution in [2.45, 2.75) is 6.42 Å². The van der Waals surface area contributed by atoms with Gasteiger partial charge in [0, 0.05) is 19.3 Å². The van der Waals surface area contributed by atoms with Crippen molar-refractivity contribution in [2.75, 3.05) is 30.3 Å². The van der Waals surface area contributed by atoms with Crippen molar-refractivity contribution < 1.29 is 13.2 Å². The van der Waals surface area contributed by atoms with Gasteiger partial charge < -0.3 is 10.6 Å². The molecule has 6 nitrogen and oxygen atoms in total. The predicted octanol–water partition coefficient (Wildman–Crippen LogP) is -0.0755. The molecule has 1 aromatic heterocycles. The standard InChI is InChI=1S/C11H15N3O3S/c12-9-3-1-4-13-10(9)11(15)14-5-2-7-18(16,17)8-6-14/h1,3-4H,2,5-8,12H2. The van der Waals surface area contributed by atoms with E-state index in [1.165, 1.54) is 11.1 Å². The SMILES string of the molecule is Nc1cccnc1C(=O)N1CCCS(=O)(=O)CC1. The largest absolute Gasteiger partial charge is 0.397 e. The van der Waals surface area contributed by atoms with Crippen LogP contribution < -0.4 is 5.73 Å². The third kappa shape index (κ3) is 2.79. The first-order chi connectivity index (χ1) is 8.49. The van der Waals surface area contributed by atoms with E-state index in [0.29, 0.717) is 18.7 Å². The molecule has 7 heteroatoms. The Kier molecular flexibility index (Phi) is 3.51. The summed E-state index contributed by atoms with van der Waals surface area (Å²) in [4.78, 5) is 17.6. The van der Waals surface area contributed by atoms with Crippen LogP contribution in [0.15, 0.2) is 18.3 Å². The molecule has 0 aromatic carbocycles. The van der Waals surface area contributed by atoms with Gasteiger partial charge in [-0.15, -0.1) is 0 Å². The molecule has 2 rings (SSSR count). The monoisotopic (exact) mass is 269 g/mol. The zero-order valence-corrected chi connectivity index (χ0v) is 10.7. The highest BCUT2D eigenvalue weighted by atomic mass is 32.2. The van der Waals surface area contributed by atoms with Crippen LogP contribution in [0.1, 0.15) is 16.9 Å². The van der Waals surface area contributed by atoms with E-state index in [1.54, 1.807) is 12.1 Å². The molecule has 0 bridgehead atoms. The molecule has 0 radical (unpaired) electrons. The van der Waals surface area contributed by atoms with E-state index in [1.807, 2.05) is 0 Å². The second kappa shape index (κ2) is 4.93. The summed E-state index contributed by atoms with van der Waals surface area (Å²) >= 11 is 0. The summed E-state index contributed by atoms with van der Waals surface area (Å²) in [7, 11) is -3.02.